The van der Waals surface area contributed by atoms with Crippen LogP contribution in [0.1, 0.15) is 41.9 Å². The van der Waals surface area contributed by atoms with Gasteiger partial charge in [-0.2, -0.15) is 18.3 Å². The number of aromatic nitrogens is 2. The Balaban J connectivity index is 2.13. The van der Waals surface area contributed by atoms with Gasteiger partial charge in [0.05, 0.1) is 16.2 Å². The maximum atomic E-state index is 12.9. The average Bonchev–Trinajstić information content (AvgIpc) is 2.82. The van der Waals surface area contributed by atoms with E-state index in [2.05, 4.69) is 26.3 Å². The summed E-state index contributed by atoms with van der Waals surface area (Å²) in [6, 6.07) is 7.57. The number of amides is 1. The maximum absolute atomic E-state index is 12.9. The van der Waals surface area contributed by atoms with Gasteiger partial charge in [-0.1, -0.05) is 36.8 Å². The van der Waals surface area contributed by atoms with Gasteiger partial charge in [0.1, 0.15) is 6.54 Å². The molecule has 0 radical (unpaired) electrons. The number of carbonyl (C=O) groups is 1. The minimum absolute atomic E-state index is 0.140. The van der Waals surface area contributed by atoms with Crippen LogP contribution >= 0.6 is 15.9 Å². The van der Waals surface area contributed by atoms with Crippen LogP contribution in [-0.4, -0.2) is 15.7 Å². The van der Waals surface area contributed by atoms with E-state index in [0.717, 1.165) is 15.8 Å². The molecule has 136 valence electrons. The van der Waals surface area contributed by atoms with E-state index in [0.29, 0.717) is 6.42 Å². The molecule has 1 atom stereocenters. The Labute approximate surface area is 152 Å². The number of alkyl halides is 3. The van der Waals surface area contributed by atoms with E-state index < -0.39 is 11.9 Å². The Morgan fingerprint density at radius 3 is 2.36 bits per heavy atom. The predicted molar refractivity (Wildman–Crippen MR) is 92.0 cm³/mol. The first-order chi connectivity index (χ1) is 11.6. The molecule has 2 aromatic rings. The third kappa shape index (κ3) is 4.62. The standard InChI is InChI=1S/C17H19BrF3N3O/c1-4-13(12-7-5-10(2)6-8-12)22-14(25)9-24-11(3)15(18)16(23-24)17(19,20)21/h5-8,13H,4,9H2,1-3H3,(H,22,25). The molecule has 0 aliphatic carbocycles. The number of halogens is 4. The van der Waals surface area contributed by atoms with Crippen LogP contribution in [-0.2, 0) is 17.5 Å². The molecular formula is C17H19BrF3N3O. The van der Waals surface area contributed by atoms with E-state index in [1.807, 2.05) is 38.1 Å². The second-order valence-corrected chi connectivity index (χ2v) is 6.64. The Morgan fingerprint density at radius 2 is 1.88 bits per heavy atom. The fourth-order valence-corrected chi connectivity index (χ4v) is 2.96. The van der Waals surface area contributed by atoms with Gasteiger partial charge in [-0.05, 0) is 41.8 Å². The van der Waals surface area contributed by atoms with E-state index >= 15 is 0 Å². The molecule has 25 heavy (non-hydrogen) atoms. The molecular weight excluding hydrogens is 399 g/mol. The van der Waals surface area contributed by atoms with Crippen molar-refractivity contribution in [3.63, 3.8) is 0 Å². The van der Waals surface area contributed by atoms with Gasteiger partial charge in [-0.15, -0.1) is 0 Å². The van der Waals surface area contributed by atoms with Crippen LogP contribution in [0.2, 0.25) is 0 Å². The minimum atomic E-state index is -4.57. The SMILES string of the molecule is CCC(NC(=O)Cn1nc(C(F)(F)F)c(Br)c1C)c1ccc(C)cc1. The van der Waals surface area contributed by atoms with Gasteiger partial charge in [-0.25, -0.2) is 0 Å². The van der Waals surface area contributed by atoms with Gasteiger partial charge in [-0.3, -0.25) is 9.48 Å². The van der Waals surface area contributed by atoms with Gasteiger partial charge in [0.2, 0.25) is 5.91 Å². The van der Waals surface area contributed by atoms with Gasteiger partial charge in [0.15, 0.2) is 5.69 Å². The van der Waals surface area contributed by atoms with Gasteiger partial charge in [0.25, 0.3) is 0 Å². The summed E-state index contributed by atoms with van der Waals surface area (Å²) < 4.78 is 39.6. The molecule has 1 N–H and O–H groups in total. The molecule has 0 bridgehead atoms. The molecule has 0 fully saturated rings. The molecule has 1 unspecified atom stereocenters. The second kappa shape index (κ2) is 7.59. The monoisotopic (exact) mass is 417 g/mol. The Kier molecular flexibility index (Phi) is 5.92. The van der Waals surface area contributed by atoms with Crippen molar-refractivity contribution in [1.29, 1.82) is 0 Å². The number of hydrogen-bond donors (Lipinski definition) is 1. The highest BCUT2D eigenvalue weighted by atomic mass is 79.9. The third-order valence-corrected chi connectivity index (χ3v) is 4.87. The van der Waals surface area contributed by atoms with Gasteiger partial charge in [0, 0.05) is 0 Å². The van der Waals surface area contributed by atoms with Crippen LogP contribution in [0.5, 0.6) is 0 Å². The van der Waals surface area contributed by atoms with Gasteiger partial charge < -0.3 is 5.32 Å². The summed E-state index contributed by atoms with van der Waals surface area (Å²) in [5.41, 5.74) is 1.30. The highest BCUT2D eigenvalue weighted by molar-refractivity contribution is 9.10. The Hall–Kier alpha value is -1.83. The molecule has 0 saturated carbocycles. The summed E-state index contributed by atoms with van der Waals surface area (Å²) in [7, 11) is 0. The number of hydrogen-bond acceptors (Lipinski definition) is 2. The van der Waals surface area contributed by atoms with Crippen LogP contribution in [0.25, 0.3) is 0 Å². The largest absolute Gasteiger partial charge is 0.436 e. The molecule has 0 spiro atoms. The average molecular weight is 418 g/mol. The number of nitrogens with one attached hydrogen (secondary N) is 1. The van der Waals surface area contributed by atoms with E-state index in [1.165, 1.54) is 6.92 Å². The van der Waals surface area contributed by atoms with Crippen LogP contribution in [0.3, 0.4) is 0 Å². The first kappa shape index (κ1) is 19.5. The number of aryl methyl sites for hydroxylation is 1. The number of benzene rings is 1. The Morgan fingerprint density at radius 1 is 1.28 bits per heavy atom. The molecule has 0 saturated heterocycles. The number of carbonyl (C=O) groups excluding carboxylic acids is 1. The zero-order valence-electron chi connectivity index (χ0n) is 14.1. The molecule has 0 aliphatic rings. The van der Waals surface area contributed by atoms with Crippen LogP contribution in [0.4, 0.5) is 13.2 Å². The highest BCUT2D eigenvalue weighted by Gasteiger charge is 2.38. The summed E-state index contributed by atoms with van der Waals surface area (Å²) in [6.07, 6.45) is -3.90. The summed E-state index contributed by atoms with van der Waals surface area (Å²) in [6.45, 7) is 5.11. The summed E-state index contributed by atoms with van der Waals surface area (Å²) in [5, 5.41) is 6.37. The summed E-state index contributed by atoms with van der Waals surface area (Å²) >= 11 is 2.90. The molecule has 2 rings (SSSR count). The summed E-state index contributed by atoms with van der Waals surface area (Å²) in [4.78, 5) is 12.3. The van der Waals surface area contributed by atoms with E-state index in [-0.39, 0.29) is 28.7 Å². The fourth-order valence-electron chi connectivity index (χ4n) is 2.46. The van der Waals surface area contributed by atoms with Crippen LogP contribution in [0, 0.1) is 13.8 Å². The zero-order chi connectivity index (χ0) is 18.8. The van der Waals surface area contributed by atoms with E-state index in [9.17, 15) is 18.0 Å². The van der Waals surface area contributed by atoms with E-state index in [4.69, 9.17) is 0 Å². The van der Waals surface area contributed by atoms with Crippen molar-refractivity contribution in [2.75, 3.05) is 0 Å². The van der Waals surface area contributed by atoms with Crippen molar-refractivity contribution in [3.05, 3.63) is 51.3 Å². The van der Waals surface area contributed by atoms with Crippen molar-refractivity contribution in [2.24, 2.45) is 0 Å². The smallest absolute Gasteiger partial charge is 0.348 e. The molecule has 1 aromatic heterocycles. The summed E-state index contributed by atoms with van der Waals surface area (Å²) in [5.74, 6) is -0.390. The Bertz CT molecular complexity index is 754. The number of nitrogens with zero attached hydrogens (tertiary/aromatic N) is 2. The van der Waals surface area contributed by atoms with Crippen molar-refractivity contribution >= 4 is 21.8 Å². The maximum Gasteiger partial charge on any atom is 0.436 e. The minimum Gasteiger partial charge on any atom is -0.348 e. The molecule has 4 nitrogen and oxygen atoms in total. The molecule has 1 aromatic carbocycles. The lowest BCUT2D eigenvalue weighted by atomic mass is 10.0. The zero-order valence-corrected chi connectivity index (χ0v) is 15.7. The van der Waals surface area contributed by atoms with Crippen LogP contribution in [0.15, 0.2) is 28.7 Å². The van der Waals surface area contributed by atoms with Gasteiger partial charge >= 0.3 is 6.18 Å². The molecule has 8 heteroatoms. The second-order valence-electron chi connectivity index (χ2n) is 5.84. The first-order valence-electron chi connectivity index (χ1n) is 7.79. The fraction of sp³-hybridized carbons (Fsp3) is 0.412. The molecule has 1 heterocycles. The normalized spacial score (nSPS) is 12.9. The number of rotatable bonds is 5. The van der Waals surface area contributed by atoms with Crippen molar-refractivity contribution in [1.82, 2.24) is 15.1 Å². The van der Waals surface area contributed by atoms with Crippen molar-refractivity contribution in [2.45, 2.75) is 46.0 Å². The quantitative estimate of drug-likeness (QED) is 0.775. The van der Waals surface area contributed by atoms with Crippen molar-refractivity contribution < 1.29 is 18.0 Å². The first-order valence-corrected chi connectivity index (χ1v) is 8.58. The lowest BCUT2D eigenvalue weighted by Gasteiger charge is -2.18. The molecule has 1 amide bonds. The molecule has 0 aliphatic heterocycles. The van der Waals surface area contributed by atoms with Crippen LogP contribution < -0.4 is 5.32 Å². The lowest BCUT2D eigenvalue weighted by molar-refractivity contribution is -0.142. The van der Waals surface area contributed by atoms with E-state index in [1.54, 1.807) is 0 Å². The third-order valence-electron chi connectivity index (χ3n) is 3.92. The lowest BCUT2D eigenvalue weighted by Crippen LogP contribution is -2.32. The highest BCUT2D eigenvalue weighted by Crippen LogP contribution is 2.35. The topological polar surface area (TPSA) is 46.9 Å². The predicted octanol–water partition coefficient (Wildman–Crippen LogP) is 4.55. The van der Waals surface area contributed by atoms with Crippen molar-refractivity contribution in [3.8, 4) is 0 Å².